The maximum atomic E-state index is 12.8. The van der Waals surface area contributed by atoms with E-state index in [1.807, 2.05) is 30.0 Å². The van der Waals surface area contributed by atoms with Gasteiger partial charge in [-0.2, -0.15) is 0 Å². The predicted molar refractivity (Wildman–Crippen MR) is 93.6 cm³/mol. The molecule has 2 aromatic rings. The van der Waals surface area contributed by atoms with Crippen LogP contribution in [-0.4, -0.2) is 46.8 Å². The van der Waals surface area contributed by atoms with Crippen molar-refractivity contribution >= 4 is 22.6 Å². The Morgan fingerprint density at radius 3 is 2.79 bits per heavy atom. The minimum absolute atomic E-state index is 0.0534. The molecule has 2 amide bonds. The zero-order valence-corrected chi connectivity index (χ0v) is 13.9. The van der Waals surface area contributed by atoms with E-state index < -0.39 is 0 Å². The van der Waals surface area contributed by atoms with Crippen molar-refractivity contribution in [1.29, 1.82) is 0 Å². The van der Waals surface area contributed by atoms with Gasteiger partial charge in [0.25, 0.3) is 0 Å². The van der Waals surface area contributed by atoms with Crippen LogP contribution in [0.3, 0.4) is 0 Å². The third-order valence-electron chi connectivity index (χ3n) is 5.38. The van der Waals surface area contributed by atoms with Crippen LogP contribution in [-0.2, 0) is 16.0 Å². The molecule has 2 atom stereocenters. The molecule has 2 heterocycles. The summed E-state index contributed by atoms with van der Waals surface area (Å²) in [6.07, 6.45) is 2.42. The summed E-state index contributed by atoms with van der Waals surface area (Å²) in [6.45, 7) is 3.38. The lowest BCUT2D eigenvalue weighted by Crippen LogP contribution is -2.60. The lowest BCUT2D eigenvalue weighted by molar-refractivity contribution is -0.152. The summed E-state index contributed by atoms with van der Waals surface area (Å²) in [6, 6.07) is 14.2. The number of amides is 2. The van der Waals surface area contributed by atoms with E-state index >= 15 is 0 Å². The summed E-state index contributed by atoms with van der Waals surface area (Å²) >= 11 is 0. The van der Waals surface area contributed by atoms with Gasteiger partial charge in [0.15, 0.2) is 0 Å². The average Bonchev–Trinajstić information content (AvgIpc) is 3.06. The van der Waals surface area contributed by atoms with E-state index in [2.05, 4.69) is 24.3 Å². The first-order valence-corrected chi connectivity index (χ1v) is 8.71. The second kappa shape index (κ2) is 5.93. The number of rotatable bonds is 2. The van der Waals surface area contributed by atoms with Gasteiger partial charge in [-0.15, -0.1) is 0 Å². The third kappa shape index (κ3) is 2.56. The number of piperazine rings is 1. The lowest BCUT2D eigenvalue weighted by Gasteiger charge is -2.41. The Labute approximate surface area is 142 Å². The molecule has 4 heteroatoms. The summed E-state index contributed by atoms with van der Waals surface area (Å²) in [5, 5.41) is 2.32. The van der Waals surface area contributed by atoms with Crippen LogP contribution in [0.2, 0.25) is 0 Å². The van der Waals surface area contributed by atoms with Crippen LogP contribution in [0.5, 0.6) is 0 Å². The normalized spacial score (nSPS) is 23.6. The summed E-state index contributed by atoms with van der Waals surface area (Å²) in [5.74, 6) is 0.160. The largest absolute Gasteiger partial charge is 0.336 e. The molecule has 0 aliphatic carbocycles. The zero-order chi connectivity index (χ0) is 16.7. The van der Waals surface area contributed by atoms with E-state index in [4.69, 9.17) is 0 Å². The summed E-state index contributed by atoms with van der Waals surface area (Å²) in [7, 11) is 0. The van der Waals surface area contributed by atoms with Crippen molar-refractivity contribution in [3.05, 3.63) is 48.0 Å². The van der Waals surface area contributed by atoms with Crippen LogP contribution in [0.15, 0.2) is 42.5 Å². The van der Waals surface area contributed by atoms with Crippen LogP contribution in [0.1, 0.15) is 25.3 Å². The number of nitrogens with zero attached hydrogens (tertiary/aromatic N) is 2. The third-order valence-corrected chi connectivity index (χ3v) is 5.38. The number of carbonyl (C=O) groups excluding carboxylic acids is 2. The SMILES string of the molecule is C[C@H]1C(=O)N2CCC[C@@H]2CN1C(=O)Cc1ccc2ccccc2c1. The van der Waals surface area contributed by atoms with Crippen LogP contribution in [0.4, 0.5) is 0 Å². The van der Waals surface area contributed by atoms with Crippen molar-refractivity contribution in [3.63, 3.8) is 0 Å². The van der Waals surface area contributed by atoms with Gasteiger partial charge in [0.05, 0.1) is 6.42 Å². The first kappa shape index (κ1) is 15.2. The molecule has 0 saturated carbocycles. The van der Waals surface area contributed by atoms with Crippen LogP contribution in [0.25, 0.3) is 10.8 Å². The van der Waals surface area contributed by atoms with E-state index in [0.29, 0.717) is 13.0 Å². The molecule has 124 valence electrons. The lowest BCUT2D eigenvalue weighted by atomic mass is 10.0. The van der Waals surface area contributed by atoms with Gasteiger partial charge in [-0.05, 0) is 36.1 Å². The highest BCUT2D eigenvalue weighted by atomic mass is 16.2. The van der Waals surface area contributed by atoms with Crippen molar-refractivity contribution in [2.24, 2.45) is 0 Å². The molecule has 0 bridgehead atoms. The quantitative estimate of drug-likeness (QED) is 0.853. The summed E-state index contributed by atoms with van der Waals surface area (Å²) in [5.41, 5.74) is 1.01. The van der Waals surface area contributed by atoms with Gasteiger partial charge in [0.1, 0.15) is 6.04 Å². The maximum absolute atomic E-state index is 12.8. The van der Waals surface area contributed by atoms with Crippen LogP contribution in [0, 0.1) is 0 Å². The Morgan fingerprint density at radius 2 is 1.96 bits per heavy atom. The molecule has 2 saturated heterocycles. The highest BCUT2D eigenvalue weighted by Gasteiger charge is 2.41. The van der Waals surface area contributed by atoms with Gasteiger partial charge < -0.3 is 9.80 Å². The van der Waals surface area contributed by atoms with E-state index in [-0.39, 0.29) is 23.9 Å². The second-order valence-electron chi connectivity index (χ2n) is 6.91. The van der Waals surface area contributed by atoms with Gasteiger partial charge in [0, 0.05) is 19.1 Å². The van der Waals surface area contributed by atoms with E-state index in [1.54, 1.807) is 4.90 Å². The number of fused-ring (bicyclic) bond motifs is 2. The van der Waals surface area contributed by atoms with Crippen LogP contribution < -0.4 is 0 Å². The van der Waals surface area contributed by atoms with E-state index in [1.165, 1.54) is 5.39 Å². The fourth-order valence-electron chi connectivity index (χ4n) is 4.02. The average molecular weight is 322 g/mol. The molecule has 2 aliphatic rings. The van der Waals surface area contributed by atoms with E-state index in [9.17, 15) is 9.59 Å². The van der Waals surface area contributed by atoms with Crippen molar-refractivity contribution < 1.29 is 9.59 Å². The monoisotopic (exact) mass is 322 g/mol. The molecule has 0 unspecified atom stereocenters. The smallest absolute Gasteiger partial charge is 0.245 e. The molecule has 0 N–H and O–H groups in total. The molecular weight excluding hydrogens is 300 g/mol. The molecule has 24 heavy (non-hydrogen) atoms. The van der Waals surface area contributed by atoms with Crippen molar-refractivity contribution in [3.8, 4) is 0 Å². The minimum Gasteiger partial charge on any atom is -0.336 e. The van der Waals surface area contributed by atoms with E-state index in [0.717, 1.165) is 30.3 Å². The standard InChI is InChI=1S/C20H22N2O2/c1-14-20(24)21-10-4-7-18(21)13-22(14)19(23)12-15-8-9-16-5-2-3-6-17(16)11-15/h2-3,5-6,8-9,11,14,18H,4,7,10,12-13H2,1H3/t14-,18+/m0/s1. The Morgan fingerprint density at radius 1 is 1.17 bits per heavy atom. The predicted octanol–water partition coefficient (Wildman–Crippen LogP) is 2.60. The van der Waals surface area contributed by atoms with Crippen molar-refractivity contribution in [2.45, 2.75) is 38.3 Å². The first-order valence-electron chi connectivity index (χ1n) is 8.71. The summed E-state index contributed by atoms with van der Waals surface area (Å²) < 4.78 is 0. The van der Waals surface area contributed by atoms with Crippen molar-refractivity contribution in [1.82, 2.24) is 9.80 Å². The molecule has 2 fully saturated rings. The highest BCUT2D eigenvalue weighted by Crippen LogP contribution is 2.26. The van der Waals surface area contributed by atoms with Gasteiger partial charge in [-0.25, -0.2) is 0 Å². The Kier molecular flexibility index (Phi) is 3.75. The fourth-order valence-corrected chi connectivity index (χ4v) is 4.02. The molecule has 2 aromatic carbocycles. The topological polar surface area (TPSA) is 40.6 Å². The molecule has 2 aliphatic heterocycles. The first-order chi connectivity index (χ1) is 11.6. The molecule has 0 radical (unpaired) electrons. The van der Waals surface area contributed by atoms with Gasteiger partial charge in [-0.3, -0.25) is 9.59 Å². The molecule has 4 rings (SSSR count). The van der Waals surface area contributed by atoms with Crippen molar-refractivity contribution in [2.75, 3.05) is 13.1 Å². The number of carbonyl (C=O) groups is 2. The maximum Gasteiger partial charge on any atom is 0.245 e. The van der Waals surface area contributed by atoms with Gasteiger partial charge in [-0.1, -0.05) is 42.5 Å². The molecule has 0 aromatic heterocycles. The van der Waals surface area contributed by atoms with Crippen LogP contribution >= 0.6 is 0 Å². The molecule has 4 nitrogen and oxygen atoms in total. The Hall–Kier alpha value is -2.36. The van der Waals surface area contributed by atoms with Gasteiger partial charge >= 0.3 is 0 Å². The van der Waals surface area contributed by atoms with Gasteiger partial charge in [0.2, 0.25) is 11.8 Å². The Bertz CT molecular complexity index is 801. The molecular formula is C20H22N2O2. The number of benzene rings is 2. The number of hydrogen-bond donors (Lipinski definition) is 0. The Balaban J connectivity index is 1.53. The highest BCUT2D eigenvalue weighted by molar-refractivity contribution is 5.90. The zero-order valence-electron chi connectivity index (χ0n) is 13.9. The minimum atomic E-state index is -0.340. The fraction of sp³-hybridized carbons (Fsp3) is 0.400. The summed E-state index contributed by atoms with van der Waals surface area (Å²) in [4.78, 5) is 29.0. The number of hydrogen-bond acceptors (Lipinski definition) is 2. The second-order valence-corrected chi connectivity index (χ2v) is 6.91. The molecule has 0 spiro atoms.